The molecule has 2 aromatic heterocycles. The van der Waals surface area contributed by atoms with Crippen LogP contribution in [0.2, 0.25) is 0 Å². The molecule has 3 N–H and O–H groups in total. The predicted octanol–water partition coefficient (Wildman–Crippen LogP) is -0.299. The topological polar surface area (TPSA) is 98.7 Å². The van der Waals surface area contributed by atoms with E-state index in [2.05, 4.69) is 20.4 Å². The molecule has 0 saturated heterocycles. The fraction of sp³-hybridized carbons (Fsp3) is 0.273. The van der Waals surface area contributed by atoms with E-state index in [1.807, 2.05) is 0 Å². The Balaban J connectivity index is 1.95. The van der Waals surface area contributed by atoms with Gasteiger partial charge in [-0.15, -0.1) is 5.10 Å². The summed E-state index contributed by atoms with van der Waals surface area (Å²) in [5, 5.41) is 6.43. The van der Waals surface area contributed by atoms with Gasteiger partial charge in [-0.25, -0.2) is 9.37 Å². The lowest BCUT2D eigenvalue weighted by atomic mass is 10.3. The minimum Gasteiger partial charge on any atom is -0.343 e. The maximum atomic E-state index is 13.3. The lowest BCUT2D eigenvalue weighted by Gasteiger charge is -2.02. The van der Waals surface area contributed by atoms with Crippen molar-refractivity contribution in [3.63, 3.8) is 0 Å². The first kappa shape index (κ1) is 13.1. The van der Waals surface area contributed by atoms with E-state index in [0.29, 0.717) is 13.1 Å². The number of pyridine rings is 1. The molecular weight excluding hydrogens is 251 g/mol. The standard InChI is InChI=1S/C11H13FN6O/c12-8-2-1-4-14-9(8)6-15-11(19)10-16-7-18(17-10)5-3-13/h1-2,4,7H,3,5-6,13H2,(H,15,19). The van der Waals surface area contributed by atoms with Crippen LogP contribution in [0.15, 0.2) is 24.7 Å². The maximum Gasteiger partial charge on any atom is 0.291 e. The molecule has 2 rings (SSSR count). The highest BCUT2D eigenvalue weighted by Crippen LogP contribution is 2.02. The highest BCUT2D eigenvalue weighted by molar-refractivity contribution is 5.90. The SMILES string of the molecule is NCCn1cnc(C(=O)NCc2ncccc2F)n1. The molecule has 2 aromatic rings. The first-order valence-corrected chi connectivity index (χ1v) is 5.68. The Morgan fingerprint density at radius 3 is 3.05 bits per heavy atom. The first-order valence-electron chi connectivity index (χ1n) is 5.68. The summed E-state index contributed by atoms with van der Waals surface area (Å²) < 4.78 is 14.8. The van der Waals surface area contributed by atoms with E-state index >= 15 is 0 Å². The highest BCUT2D eigenvalue weighted by Gasteiger charge is 2.12. The van der Waals surface area contributed by atoms with Gasteiger partial charge >= 0.3 is 0 Å². The molecule has 0 fully saturated rings. The number of nitrogens with zero attached hydrogens (tertiary/aromatic N) is 4. The second-order valence-electron chi connectivity index (χ2n) is 3.73. The Morgan fingerprint density at radius 2 is 2.32 bits per heavy atom. The van der Waals surface area contributed by atoms with Crippen LogP contribution in [0, 0.1) is 5.82 Å². The van der Waals surface area contributed by atoms with Gasteiger partial charge < -0.3 is 11.1 Å². The van der Waals surface area contributed by atoms with E-state index in [-0.39, 0.29) is 18.1 Å². The number of nitrogens with two attached hydrogens (primary N) is 1. The van der Waals surface area contributed by atoms with Crippen LogP contribution in [0.4, 0.5) is 4.39 Å². The number of rotatable bonds is 5. The Morgan fingerprint density at radius 1 is 1.47 bits per heavy atom. The molecule has 0 aliphatic rings. The molecule has 0 radical (unpaired) electrons. The van der Waals surface area contributed by atoms with E-state index < -0.39 is 11.7 Å². The molecule has 0 atom stereocenters. The van der Waals surface area contributed by atoms with E-state index in [4.69, 9.17) is 5.73 Å². The maximum absolute atomic E-state index is 13.3. The number of hydrogen-bond acceptors (Lipinski definition) is 5. The zero-order valence-electron chi connectivity index (χ0n) is 10.1. The van der Waals surface area contributed by atoms with Gasteiger partial charge in [0.2, 0.25) is 5.82 Å². The van der Waals surface area contributed by atoms with Crippen molar-refractivity contribution in [2.24, 2.45) is 5.73 Å². The zero-order valence-corrected chi connectivity index (χ0v) is 10.1. The number of aromatic nitrogens is 4. The Bertz CT molecular complexity index is 570. The van der Waals surface area contributed by atoms with Crippen LogP contribution in [0.25, 0.3) is 0 Å². The second-order valence-corrected chi connectivity index (χ2v) is 3.73. The highest BCUT2D eigenvalue weighted by atomic mass is 19.1. The molecule has 0 aliphatic heterocycles. The van der Waals surface area contributed by atoms with E-state index in [1.165, 1.54) is 29.3 Å². The summed E-state index contributed by atoms with van der Waals surface area (Å²) in [6.07, 6.45) is 2.88. The third kappa shape index (κ3) is 3.32. The van der Waals surface area contributed by atoms with Crippen LogP contribution in [-0.4, -0.2) is 32.2 Å². The molecule has 0 unspecified atom stereocenters. The lowest BCUT2D eigenvalue weighted by molar-refractivity contribution is 0.0939. The van der Waals surface area contributed by atoms with Crippen molar-refractivity contribution in [3.8, 4) is 0 Å². The van der Waals surface area contributed by atoms with Crippen molar-refractivity contribution in [1.29, 1.82) is 0 Å². The van der Waals surface area contributed by atoms with Gasteiger partial charge in [0, 0.05) is 12.7 Å². The number of halogens is 1. The summed E-state index contributed by atoms with van der Waals surface area (Å²) in [5.74, 6) is -0.935. The van der Waals surface area contributed by atoms with Crippen molar-refractivity contribution in [2.75, 3.05) is 6.54 Å². The molecule has 0 spiro atoms. The average molecular weight is 264 g/mol. The van der Waals surface area contributed by atoms with Crippen LogP contribution in [0.1, 0.15) is 16.3 Å². The summed E-state index contributed by atoms with van der Waals surface area (Å²) in [5.41, 5.74) is 5.52. The summed E-state index contributed by atoms with van der Waals surface area (Å²) >= 11 is 0. The molecule has 0 aromatic carbocycles. The molecule has 0 saturated carbocycles. The van der Waals surface area contributed by atoms with E-state index in [9.17, 15) is 9.18 Å². The molecule has 19 heavy (non-hydrogen) atoms. The van der Waals surface area contributed by atoms with Crippen LogP contribution >= 0.6 is 0 Å². The van der Waals surface area contributed by atoms with Gasteiger partial charge in [-0.3, -0.25) is 14.5 Å². The lowest BCUT2D eigenvalue weighted by Crippen LogP contribution is -2.25. The molecule has 2 heterocycles. The zero-order chi connectivity index (χ0) is 13.7. The van der Waals surface area contributed by atoms with Gasteiger partial charge in [-0.2, -0.15) is 0 Å². The van der Waals surface area contributed by atoms with Gasteiger partial charge in [0.25, 0.3) is 5.91 Å². The van der Waals surface area contributed by atoms with Crippen LogP contribution in [0.3, 0.4) is 0 Å². The van der Waals surface area contributed by atoms with E-state index in [1.54, 1.807) is 0 Å². The van der Waals surface area contributed by atoms with Crippen molar-refractivity contribution in [1.82, 2.24) is 25.1 Å². The average Bonchev–Trinajstić information content (AvgIpc) is 2.87. The van der Waals surface area contributed by atoms with Gasteiger partial charge in [0.1, 0.15) is 12.1 Å². The largest absolute Gasteiger partial charge is 0.343 e. The third-order valence-electron chi connectivity index (χ3n) is 2.35. The molecule has 7 nitrogen and oxygen atoms in total. The fourth-order valence-corrected chi connectivity index (χ4v) is 1.43. The normalized spacial score (nSPS) is 10.4. The minimum atomic E-state index is -0.485. The second kappa shape index (κ2) is 6.01. The van der Waals surface area contributed by atoms with E-state index in [0.717, 1.165) is 0 Å². The third-order valence-corrected chi connectivity index (χ3v) is 2.35. The molecule has 0 aliphatic carbocycles. The van der Waals surface area contributed by atoms with Gasteiger partial charge in [0.15, 0.2) is 0 Å². The number of amides is 1. The van der Waals surface area contributed by atoms with Crippen LogP contribution in [0.5, 0.6) is 0 Å². The summed E-state index contributed by atoms with van der Waals surface area (Å²) in [6.45, 7) is 0.871. The number of carbonyl (C=O) groups is 1. The van der Waals surface area contributed by atoms with Crippen molar-refractivity contribution < 1.29 is 9.18 Å². The monoisotopic (exact) mass is 264 g/mol. The van der Waals surface area contributed by atoms with Crippen molar-refractivity contribution >= 4 is 5.91 Å². The molecule has 1 amide bonds. The Labute approximate surface area is 108 Å². The van der Waals surface area contributed by atoms with Gasteiger partial charge in [-0.1, -0.05) is 0 Å². The van der Waals surface area contributed by atoms with Crippen molar-refractivity contribution in [2.45, 2.75) is 13.1 Å². The molecule has 0 bridgehead atoms. The number of nitrogens with one attached hydrogen (secondary N) is 1. The molecule has 100 valence electrons. The van der Waals surface area contributed by atoms with Crippen molar-refractivity contribution in [3.05, 3.63) is 42.0 Å². The molecular formula is C11H13FN6O. The minimum absolute atomic E-state index is 0.0169. The fourth-order valence-electron chi connectivity index (χ4n) is 1.43. The smallest absolute Gasteiger partial charge is 0.291 e. The first-order chi connectivity index (χ1) is 9.20. The summed E-state index contributed by atoms with van der Waals surface area (Å²) in [7, 11) is 0. The van der Waals surface area contributed by atoms with Gasteiger partial charge in [-0.05, 0) is 12.1 Å². The Hall–Kier alpha value is -2.35. The van der Waals surface area contributed by atoms with Crippen LogP contribution in [-0.2, 0) is 13.1 Å². The summed E-state index contributed by atoms with van der Waals surface area (Å²) in [6, 6.07) is 2.76. The number of hydrogen-bond donors (Lipinski definition) is 2. The predicted molar refractivity (Wildman–Crippen MR) is 64.4 cm³/mol. The van der Waals surface area contributed by atoms with Crippen LogP contribution < -0.4 is 11.1 Å². The Kier molecular flexibility index (Phi) is 4.14. The van der Waals surface area contributed by atoms with Gasteiger partial charge in [0.05, 0.1) is 18.8 Å². The summed E-state index contributed by atoms with van der Waals surface area (Å²) in [4.78, 5) is 19.4. The molecule has 8 heteroatoms. The quantitative estimate of drug-likeness (QED) is 0.772. The number of carbonyl (C=O) groups excluding carboxylic acids is 1.